The number of anilines is 1. The second-order valence-electron chi connectivity index (χ2n) is 9.83. The lowest BCUT2D eigenvalue weighted by Crippen LogP contribution is -2.42. The minimum absolute atomic E-state index is 0.146. The molecule has 0 bridgehead atoms. The second-order valence-corrected chi connectivity index (χ2v) is 10.6. The first-order valence-electron chi connectivity index (χ1n) is 12.4. The van der Waals surface area contributed by atoms with Crippen LogP contribution in [0.4, 0.5) is 18.9 Å². The molecule has 212 valence electrons. The number of nitrogens with zero attached hydrogens (tertiary/aromatic N) is 3. The van der Waals surface area contributed by atoms with Crippen LogP contribution in [0, 0.1) is 0 Å². The maximum Gasteiger partial charge on any atom is 0.419 e. The van der Waals surface area contributed by atoms with Gasteiger partial charge in [0, 0.05) is 57.0 Å². The number of rotatable bonds is 6. The second kappa shape index (κ2) is 11.6. The van der Waals surface area contributed by atoms with Crippen LogP contribution in [-0.4, -0.2) is 69.0 Å². The lowest BCUT2D eigenvalue weighted by Gasteiger charge is -2.29. The van der Waals surface area contributed by atoms with Crippen LogP contribution >= 0.6 is 23.2 Å². The van der Waals surface area contributed by atoms with Gasteiger partial charge in [0.15, 0.2) is 0 Å². The SMILES string of the molecule is COc1ccc(C(=O)N(C)[C@@H]2CN(C(=O)c3ccc(N(C)C)cc3)CC2c2ccc(Cl)c(Cl)c2)cc1C(F)(F)F. The minimum Gasteiger partial charge on any atom is -0.496 e. The van der Waals surface area contributed by atoms with Crippen molar-refractivity contribution in [2.45, 2.75) is 18.1 Å². The van der Waals surface area contributed by atoms with E-state index in [-0.39, 0.29) is 36.2 Å². The molecule has 0 radical (unpaired) electrons. The predicted molar refractivity (Wildman–Crippen MR) is 150 cm³/mol. The third-order valence-corrected chi connectivity index (χ3v) is 7.89. The fourth-order valence-corrected chi connectivity index (χ4v) is 5.22. The fourth-order valence-electron chi connectivity index (χ4n) is 4.92. The standard InChI is InChI=1S/C29H28Cl2F3N3O3/c1-35(2)20-9-5-17(6-10-20)28(39)37-15-21(18-7-11-23(30)24(31)14-18)25(16-37)36(3)27(38)19-8-12-26(40-4)22(13-19)29(32,33)34/h5-14,21,25H,15-16H2,1-4H3/t21?,25-/m1/s1. The van der Waals surface area contributed by atoms with Crippen LogP contribution in [0.3, 0.4) is 0 Å². The molecule has 1 heterocycles. The molecule has 0 aromatic heterocycles. The number of ether oxygens (including phenoxy) is 1. The summed E-state index contributed by atoms with van der Waals surface area (Å²) >= 11 is 12.4. The van der Waals surface area contributed by atoms with E-state index in [2.05, 4.69) is 0 Å². The largest absolute Gasteiger partial charge is 0.496 e. The van der Waals surface area contributed by atoms with Gasteiger partial charge in [-0.2, -0.15) is 13.2 Å². The van der Waals surface area contributed by atoms with E-state index in [0.29, 0.717) is 15.6 Å². The topological polar surface area (TPSA) is 53.1 Å². The Balaban J connectivity index is 1.67. The number of hydrogen-bond donors (Lipinski definition) is 0. The van der Waals surface area contributed by atoms with Crippen LogP contribution in [0.5, 0.6) is 5.75 Å². The molecule has 0 spiro atoms. The Kier molecular flexibility index (Phi) is 8.56. The molecule has 3 aromatic rings. The first-order chi connectivity index (χ1) is 18.8. The van der Waals surface area contributed by atoms with Gasteiger partial charge in [0.05, 0.1) is 28.8 Å². The van der Waals surface area contributed by atoms with E-state index in [1.54, 1.807) is 35.2 Å². The molecule has 0 aliphatic carbocycles. The van der Waals surface area contributed by atoms with Crippen LogP contribution < -0.4 is 9.64 Å². The number of benzene rings is 3. The Bertz CT molecular complexity index is 1410. The average molecular weight is 594 g/mol. The summed E-state index contributed by atoms with van der Waals surface area (Å²) in [6.45, 7) is 0.439. The molecule has 6 nitrogen and oxygen atoms in total. The Morgan fingerprint density at radius 1 is 0.900 bits per heavy atom. The van der Waals surface area contributed by atoms with Crippen molar-refractivity contribution in [3.8, 4) is 5.75 Å². The molecule has 1 aliphatic rings. The van der Waals surface area contributed by atoms with E-state index < -0.39 is 23.7 Å². The molecule has 4 rings (SSSR count). The molecular weight excluding hydrogens is 566 g/mol. The lowest BCUT2D eigenvalue weighted by atomic mass is 9.93. The normalized spacial score (nSPS) is 17.1. The molecule has 40 heavy (non-hydrogen) atoms. The number of amides is 2. The number of hydrogen-bond acceptors (Lipinski definition) is 4. The number of carbonyl (C=O) groups excluding carboxylic acids is 2. The number of alkyl halides is 3. The molecule has 3 aromatic carbocycles. The summed E-state index contributed by atoms with van der Waals surface area (Å²) in [4.78, 5) is 31.9. The highest BCUT2D eigenvalue weighted by atomic mass is 35.5. The molecule has 2 amide bonds. The molecule has 1 fully saturated rings. The van der Waals surface area contributed by atoms with Gasteiger partial charge in [0.2, 0.25) is 0 Å². The predicted octanol–water partition coefficient (Wildman–Crippen LogP) is 6.47. The first kappa shape index (κ1) is 29.6. The van der Waals surface area contributed by atoms with Crippen LogP contribution in [0.15, 0.2) is 60.7 Å². The van der Waals surface area contributed by atoms with Gasteiger partial charge in [0.1, 0.15) is 5.75 Å². The Morgan fingerprint density at radius 3 is 2.12 bits per heavy atom. The first-order valence-corrected chi connectivity index (χ1v) is 13.1. The number of methoxy groups -OCH3 is 1. The number of carbonyl (C=O) groups is 2. The Morgan fingerprint density at radius 2 is 1.55 bits per heavy atom. The lowest BCUT2D eigenvalue weighted by molar-refractivity contribution is -0.138. The molecule has 1 unspecified atom stereocenters. The number of likely N-dealkylation sites (tertiary alicyclic amines) is 1. The van der Waals surface area contributed by atoms with E-state index in [1.165, 1.54) is 18.0 Å². The van der Waals surface area contributed by atoms with Crippen LogP contribution in [0.2, 0.25) is 10.0 Å². The summed E-state index contributed by atoms with van der Waals surface area (Å²) < 4.78 is 45.7. The molecular formula is C29H28Cl2F3N3O3. The molecule has 11 heteroatoms. The van der Waals surface area contributed by atoms with E-state index in [1.807, 2.05) is 31.1 Å². The van der Waals surface area contributed by atoms with Gasteiger partial charge < -0.3 is 19.4 Å². The summed E-state index contributed by atoms with van der Waals surface area (Å²) in [6, 6.07) is 14.9. The highest BCUT2D eigenvalue weighted by molar-refractivity contribution is 6.42. The third kappa shape index (κ3) is 6.00. The summed E-state index contributed by atoms with van der Waals surface area (Å²) in [5, 5.41) is 0.678. The quantitative estimate of drug-likeness (QED) is 0.329. The average Bonchev–Trinajstić information content (AvgIpc) is 3.38. The zero-order valence-corrected chi connectivity index (χ0v) is 23.8. The number of likely N-dealkylation sites (N-methyl/N-ethyl adjacent to an activating group) is 1. The van der Waals surface area contributed by atoms with Gasteiger partial charge in [-0.05, 0) is 60.2 Å². The van der Waals surface area contributed by atoms with Gasteiger partial charge in [-0.25, -0.2) is 0 Å². The highest BCUT2D eigenvalue weighted by Gasteiger charge is 2.41. The van der Waals surface area contributed by atoms with Crippen molar-refractivity contribution >= 4 is 40.7 Å². The maximum absolute atomic E-state index is 13.6. The van der Waals surface area contributed by atoms with Crippen LogP contribution in [-0.2, 0) is 6.18 Å². The summed E-state index contributed by atoms with van der Waals surface area (Å²) in [5.41, 5.74) is 0.987. The highest BCUT2D eigenvalue weighted by Crippen LogP contribution is 2.38. The van der Waals surface area contributed by atoms with E-state index in [4.69, 9.17) is 27.9 Å². The molecule has 0 N–H and O–H groups in total. The van der Waals surface area contributed by atoms with Gasteiger partial charge in [-0.1, -0.05) is 29.3 Å². The van der Waals surface area contributed by atoms with Gasteiger partial charge in [0.25, 0.3) is 11.8 Å². The summed E-state index contributed by atoms with van der Waals surface area (Å²) in [7, 11) is 6.46. The maximum atomic E-state index is 13.6. The zero-order valence-electron chi connectivity index (χ0n) is 22.3. The Hall–Kier alpha value is -3.43. The van der Waals surface area contributed by atoms with E-state index >= 15 is 0 Å². The van der Waals surface area contributed by atoms with Crippen LogP contribution in [0.25, 0.3) is 0 Å². The third-order valence-electron chi connectivity index (χ3n) is 7.15. The molecule has 2 atom stereocenters. The van der Waals surface area contributed by atoms with Crippen molar-refractivity contribution in [2.75, 3.05) is 46.2 Å². The molecule has 1 aliphatic heterocycles. The molecule has 0 saturated carbocycles. The Labute approximate surface area is 240 Å². The van der Waals surface area contributed by atoms with Crippen molar-refractivity contribution in [1.82, 2.24) is 9.80 Å². The van der Waals surface area contributed by atoms with Crippen molar-refractivity contribution < 1.29 is 27.5 Å². The zero-order chi connectivity index (χ0) is 29.4. The van der Waals surface area contributed by atoms with Gasteiger partial charge in [-0.3, -0.25) is 9.59 Å². The van der Waals surface area contributed by atoms with Crippen molar-refractivity contribution in [3.05, 3.63) is 93.0 Å². The summed E-state index contributed by atoms with van der Waals surface area (Å²) in [6.07, 6.45) is -4.71. The van der Waals surface area contributed by atoms with Crippen molar-refractivity contribution in [1.29, 1.82) is 0 Å². The van der Waals surface area contributed by atoms with Crippen molar-refractivity contribution in [3.63, 3.8) is 0 Å². The monoisotopic (exact) mass is 593 g/mol. The van der Waals surface area contributed by atoms with E-state index in [0.717, 1.165) is 30.5 Å². The van der Waals surface area contributed by atoms with Gasteiger partial charge in [-0.15, -0.1) is 0 Å². The fraction of sp³-hybridized carbons (Fsp3) is 0.310. The smallest absolute Gasteiger partial charge is 0.419 e. The van der Waals surface area contributed by atoms with Crippen LogP contribution in [0.1, 0.15) is 37.8 Å². The summed E-state index contributed by atoms with van der Waals surface area (Å²) in [5.74, 6) is -1.58. The van der Waals surface area contributed by atoms with E-state index in [9.17, 15) is 22.8 Å². The number of halogens is 5. The minimum atomic E-state index is -4.71. The van der Waals surface area contributed by atoms with Crippen molar-refractivity contribution in [2.24, 2.45) is 0 Å². The molecule has 1 saturated heterocycles. The van der Waals surface area contributed by atoms with Gasteiger partial charge >= 0.3 is 6.18 Å².